The van der Waals surface area contributed by atoms with E-state index >= 15 is 0 Å². The number of terminal acetylenes is 1. The van der Waals surface area contributed by atoms with Gasteiger partial charge >= 0.3 is 5.97 Å². The lowest BCUT2D eigenvalue weighted by atomic mass is 10.1. The molecule has 2 aromatic carbocycles. The van der Waals surface area contributed by atoms with Crippen LogP contribution >= 0.6 is 0 Å². The summed E-state index contributed by atoms with van der Waals surface area (Å²) in [6, 6.07) is 14.7. The van der Waals surface area contributed by atoms with Gasteiger partial charge in [-0.3, -0.25) is 4.79 Å². The Bertz CT molecular complexity index is 715. The standard InChI is InChI=1S/C19H17NO3/c1-3-14-10-12-16(13-11-14)18(21)20-17(19(22)23-4-2)15-8-6-5-7-9-15/h1,5-13,17H,4H2,2H3,(H,20,21)/t17-/m0/s1. The van der Waals surface area contributed by atoms with Gasteiger partial charge in [0.25, 0.3) is 5.91 Å². The molecule has 4 heteroatoms. The molecule has 4 nitrogen and oxygen atoms in total. The zero-order valence-corrected chi connectivity index (χ0v) is 12.8. The highest BCUT2D eigenvalue weighted by molar-refractivity contribution is 5.97. The molecule has 0 bridgehead atoms. The lowest BCUT2D eigenvalue weighted by Gasteiger charge is -2.17. The Morgan fingerprint density at radius 2 is 1.78 bits per heavy atom. The number of esters is 1. The van der Waals surface area contributed by atoms with Crippen LogP contribution in [0.2, 0.25) is 0 Å². The first kappa shape index (κ1) is 16.3. The van der Waals surface area contributed by atoms with E-state index < -0.39 is 12.0 Å². The molecule has 1 atom stereocenters. The molecule has 0 unspecified atom stereocenters. The maximum atomic E-state index is 12.4. The monoisotopic (exact) mass is 307 g/mol. The smallest absolute Gasteiger partial charge is 0.333 e. The number of benzene rings is 2. The molecule has 0 heterocycles. The SMILES string of the molecule is C#Cc1ccc(C(=O)N[C@H](C(=O)OCC)c2ccccc2)cc1. The maximum absolute atomic E-state index is 12.4. The topological polar surface area (TPSA) is 55.4 Å². The molecule has 1 amide bonds. The quantitative estimate of drug-likeness (QED) is 0.682. The van der Waals surface area contributed by atoms with Crippen molar-refractivity contribution < 1.29 is 14.3 Å². The van der Waals surface area contributed by atoms with Gasteiger partial charge in [0.1, 0.15) is 0 Å². The van der Waals surface area contributed by atoms with Gasteiger partial charge in [-0.05, 0) is 36.8 Å². The zero-order chi connectivity index (χ0) is 16.7. The first-order chi connectivity index (χ1) is 11.2. The van der Waals surface area contributed by atoms with Gasteiger partial charge < -0.3 is 10.1 Å². The summed E-state index contributed by atoms with van der Waals surface area (Å²) in [5.41, 5.74) is 1.78. The molecule has 0 aliphatic carbocycles. The number of hydrogen-bond donors (Lipinski definition) is 1. The fourth-order valence-electron chi connectivity index (χ4n) is 2.08. The van der Waals surface area contributed by atoms with Crippen LogP contribution in [0, 0.1) is 12.3 Å². The van der Waals surface area contributed by atoms with Gasteiger partial charge in [-0.15, -0.1) is 6.42 Å². The third-order valence-corrected chi connectivity index (χ3v) is 3.24. The van der Waals surface area contributed by atoms with Crippen molar-refractivity contribution >= 4 is 11.9 Å². The third kappa shape index (κ3) is 4.21. The average Bonchev–Trinajstić information content (AvgIpc) is 2.60. The number of hydrogen-bond acceptors (Lipinski definition) is 3. The van der Waals surface area contributed by atoms with E-state index in [0.717, 1.165) is 0 Å². The first-order valence-electron chi connectivity index (χ1n) is 7.24. The summed E-state index contributed by atoms with van der Waals surface area (Å²) in [5.74, 6) is 1.63. The van der Waals surface area contributed by atoms with Crippen LogP contribution in [0.1, 0.15) is 34.5 Å². The summed E-state index contributed by atoms with van der Waals surface area (Å²) in [5, 5.41) is 2.71. The molecule has 0 spiro atoms. The van der Waals surface area contributed by atoms with Gasteiger partial charge in [-0.1, -0.05) is 36.3 Å². The van der Waals surface area contributed by atoms with Crippen LogP contribution in [0.3, 0.4) is 0 Å². The normalized spacial score (nSPS) is 11.1. The van der Waals surface area contributed by atoms with Crippen LogP contribution in [0.4, 0.5) is 0 Å². The summed E-state index contributed by atoms with van der Waals surface area (Å²) in [6.45, 7) is 1.97. The number of carbonyl (C=O) groups excluding carboxylic acids is 2. The summed E-state index contributed by atoms with van der Waals surface area (Å²) in [6.07, 6.45) is 5.29. The maximum Gasteiger partial charge on any atom is 0.333 e. The van der Waals surface area contributed by atoms with Crippen molar-refractivity contribution in [2.45, 2.75) is 13.0 Å². The van der Waals surface area contributed by atoms with Crippen molar-refractivity contribution in [3.63, 3.8) is 0 Å². The van der Waals surface area contributed by atoms with Crippen LogP contribution in [0.15, 0.2) is 54.6 Å². The van der Waals surface area contributed by atoms with Crippen molar-refractivity contribution in [2.24, 2.45) is 0 Å². The molecule has 2 aromatic rings. The molecule has 0 fully saturated rings. The number of rotatable bonds is 5. The minimum atomic E-state index is -0.851. The highest BCUT2D eigenvalue weighted by atomic mass is 16.5. The molecule has 0 aliphatic rings. The van der Waals surface area contributed by atoms with Crippen molar-refractivity contribution in [3.8, 4) is 12.3 Å². The molecule has 0 aromatic heterocycles. The summed E-state index contributed by atoms with van der Waals surface area (Å²) < 4.78 is 5.05. The third-order valence-electron chi connectivity index (χ3n) is 3.24. The van der Waals surface area contributed by atoms with Crippen LogP contribution < -0.4 is 5.32 Å². The van der Waals surface area contributed by atoms with E-state index in [2.05, 4.69) is 11.2 Å². The molecular weight excluding hydrogens is 290 g/mol. The van der Waals surface area contributed by atoms with E-state index in [9.17, 15) is 9.59 Å². The molecule has 23 heavy (non-hydrogen) atoms. The number of ether oxygens (including phenoxy) is 1. The van der Waals surface area contributed by atoms with Crippen LogP contribution in [0.5, 0.6) is 0 Å². The first-order valence-corrected chi connectivity index (χ1v) is 7.24. The van der Waals surface area contributed by atoms with E-state index in [-0.39, 0.29) is 12.5 Å². The largest absolute Gasteiger partial charge is 0.464 e. The van der Waals surface area contributed by atoms with Crippen molar-refractivity contribution in [1.29, 1.82) is 0 Å². The molecule has 0 aliphatic heterocycles. The van der Waals surface area contributed by atoms with Gasteiger partial charge in [0.2, 0.25) is 0 Å². The molecule has 0 saturated carbocycles. The molecule has 1 N–H and O–H groups in total. The van der Waals surface area contributed by atoms with Gasteiger partial charge in [0.05, 0.1) is 6.61 Å². The Morgan fingerprint density at radius 1 is 1.13 bits per heavy atom. The van der Waals surface area contributed by atoms with Gasteiger partial charge in [0, 0.05) is 11.1 Å². The highest BCUT2D eigenvalue weighted by Gasteiger charge is 2.24. The zero-order valence-electron chi connectivity index (χ0n) is 12.8. The van der Waals surface area contributed by atoms with E-state index in [1.54, 1.807) is 55.5 Å². The van der Waals surface area contributed by atoms with Gasteiger partial charge in [-0.25, -0.2) is 4.79 Å². The Balaban J connectivity index is 2.21. The van der Waals surface area contributed by atoms with Gasteiger partial charge in [0.15, 0.2) is 6.04 Å². The Morgan fingerprint density at radius 3 is 2.35 bits per heavy atom. The molecular formula is C19H17NO3. The highest BCUT2D eigenvalue weighted by Crippen LogP contribution is 2.15. The second-order valence-electron chi connectivity index (χ2n) is 4.79. The number of carbonyl (C=O) groups is 2. The van der Waals surface area contributed by atoms with Crippen molar-refractivity contribution in [2.75, 3.05) is 6.61 Å². The second-order valence-corrected chi connectivity index (χ2v) is 4.79. The molecule has 116 valence electrons. The predicted molar refractivity (Wildman–Crippen MR) is 87.7 cm³/mol. The Kier molecular flexibility index (Phi) is 5.54. The van der Waals surface area contributed by atoms with Gasteiger partial charge in [-0.2, -0.15) is 0 Å². The Hall–Kier alpha value is -3.06. The van der Waals surface area contributed by atoms with Crippen molar-refractivity contribution in [3.05, 3.63) is 71.3 Å². The number of amides is 1. The lowest BCUT2D eigenvalue weighted by molar-refractivity contribution is -0.145. The summed E-state index contributed by atoms with van der Waals surface area (Å²) in [7, 11) is 0. The second kappa shape index (κ2) is 7.81. The van der Waals surface area contributed by atoms with Crippen LogP contribution in [0.25, 0.3) is 0 Å². The molecule has 0 radical (unpaired) electrons. The predicted octanol–water partition coefficient (Wildman–Crippen LogP) is 2.70. The molecule has 2 rings (SSSR count). The van der Waals surface area contributed by atoms with Crippen LogP contribution in [-0.4, -0.2) is 18.5 Å². The number of nitrogens with one attached hydrogen (secondary N) is 1. The summed E-state index contributed by atoms with van der Waals surface area (Å²) in [4.78, 5) is 24.5. The lowest BCUT2D eigenvalue weighted by Crippen LogP contribution is -2.35. The Labute approximate surface area is 135 Å². The summed E-state index contributed by atoms with van der Waals surface area (Å²) >= 11 is 0. The van der Waals surface area contributed by atoms with E-state index in [1.165, 1.54) is 0 Å². The van der Waals surface area contributed by atoms with E-state index in [0.29, 0.717) is 16.7 Å². The fourth-order valence-corrected chi connectivity index (χ4v) is 2.08. The van der Waals surface area contributed by atoms with E-state index in [1.807, 2.05) is 6.07 Å². The average molecular weight is 307 g/mol. The fraction of sp³-hybridized carbons (Fsp3) is 0.158. The van der Waals surface area contributed by atoms with E-state index in [4.69, 9.17) is 11.2 Å². The molecule has 0 saturated heterocycles. The minimum absolute atomic E-state index is 0.245. The van der Waals surface area contributed by atoms with Crippen molar-refractivity contribution in [1.82, 2.24) is 5.32 Å². The van der Waals surface area contributed by atoms with Crippen LogP contribution in [-0.2, 0) is 9.53 Å². The minimum Gasteiger partial charge on any atom is -0.464 e.